The van der Waals surface area contributed by atoms with Crippen molar-refractivity contribution in [2.75, 3.05) is 12.4 Å². The summed E-state index contributed by atoms with van der Waals surface area (Å²) in [5, 5.41) is 22.8. The maximum absolute atomic E-state index is 12.0. The van der Waals surface area contributed by atoms with Crippen molar-refractivity contribution in [3.8, 4) is 17.2 Å². The minimum atomic E-state index is -0.279. The maximum atomic E-state index is 12.0. The molecule has 1 heterocycles. The number of carbonyl (C=O) groups excluding carboxylic acids is 1. The Morgan fingerprint density at radius 3 is 2.64 bits per heavy atom. The number of rotatable bonds is 2. The number of anilines is 1. The Bertz CT molecular complexity index is 755. The molecule has 0 spiro atoms. The third kappa shape index (κ3) is 2.35. The van der Waals surface area contributed by atoms with Crippen molar-refractivity contribution in [1.82, 2.24) is 0 Å². The molecule has 0 unspecified atom stereocenters. The number of methoxy groups -OCH3 is 1. The van der Waals surface area contributed by atoms with E-state index < -0.39 is 0 Å². The summed E-state index contributed by atoms with van der Waals surface area (Å²) in [6.07, 6.45) is 0.234. The third-order valence-electron chi connectivity index (χ3n) is 4.02. The van der Waals surface area contributed by atoms with Gasteiger partial charge < -0.3 is 20.3 Å². The van der Waals surface area contributed by atoms with Gasteiger partial charge >= 0.3 is 0 Å². The highest BCUT2D eigenvalue weighted by molar-refractivity contribution is 5.96. The molecule has 0 saturated heterocycles. The van der Waals surface area contributed by atoms with Gasteiger partial charge in [0.25, 0.3) is 0 Å². The number of phenolic OH excluding ortho intramolecular Hbond substituents is 2. The summed E-state index contributed by atoms with van der Waals surface area (Å²) >= 11 is 0. The Kier molecular flexibility index (Phi) is 3.41. The van der Waals surface area contributed by atoms with Gasteiger partial charge in [0, 0.05) is 29.7 Å². The van der Waals surface area contributed by atoms with E-state index in [-0.39, 0.29) is 29.7 Å². The van der Waals surface area contributed by atoms with E-state index in [2.05, 4.69) is 5.32 Å². The van der Waals surface area contributed by atoms with Crippen molar-refractivity contribution in [1.29, 1.82) is 0 Å². The van der Waals surface area contributed by atoms with Gasteiger partial charge in [-0.1, -0.05) is 0 Å². The molecule has 0 radical (unpaired) electrons. The Morgan fingerprint density at radius 1 is 1.14 bits per heavy atom. The first-order chi connectivity index (χ1) is 10.5. The lowest BCUT2D eigenvalue weighted by atomic mass is 9.83. The molecule has 1 atom stereocenters. The quantitative estimate of drug-likeness (QED) is 0.796. The molecule has 5 heteroatoms. The fourth-order valence-electron chi connectivity index (χ4n) is 2.83. The van der Waals surface area contributed by atoms with Gasteiger partial charge in [-0.05, 0) is 42.3 Å². The summed E-state index contributed by atoms with van der Waals surface area (Å²) in [7, 11) is 1.56. The number of amides is 1. The Hall–Kier alpha value is -2.69. The zero-order valence-electron chi connectivity index (χ0n) is 12.4. The number of aryl methyl sites for hydroxylation is 1. The number of nitrogens with one attached hydrogen (secondary N) is 1. The van der Waals surface area contributed by atoms with Crippen LogP contribution in [0.25, 0.3) is 0 Å². The molecule has 1 amide bonds. The first kappa shape index (κ1) is 14.3. The van der Waals surface area contributed by atoms with Crippen molar-refractivity contribution in [3.63, 3.8) is 0 Å². The zero-order chi connectivity index (χ0) is 15.9. The zero-order valence-corrected chi connectivity index (χ0v) is 12.4. The van der Waals surface area contributed by atoms with E-state index in [9.17, 15) is 15.0 Å². The average molecular weight is 299 g/mol. The second-order valence-corrected chi connectivity index (χ2v) is 5.46. The molecule has 5 nitrogen and oxygen atoms in total. The van der Waals surface area contributed by atoms with Crippen molar-refractivity contribution in [2.45, 2.75) is 19.3 Å². The number of benzene rings is 2. The van der Waals surface area contributed by atoms with Crippen LogP contribution in [-0.4, -0.2) is 23.2 Å². The number of phenols is 2. The van der Waals surface area contributed by atoms with Gasteiger partial charge in [0.15, 0.2) is 0 Å². The highest BCUT2D eigenvalue weighted by Gasteiger charge is 2.29. The van der Waals surface area contributed by atoms with Crippen molar-refractivity contribution < 1.29 is 19.7 Å². The summed E-state index contributed by atoms with van der Waals surface area (Å²) in [4.78, 5) is 12.0. The molecule has 22 heavy (non-hydrogen) atoms. The molecule has 1 aliphatic heterocycles. The van der Waals surface area contributed by atoms with Crippen LogP contribution in [0.2, 0.25) is 0 Å². The van der Waals surface area contributed by atoms with E-state index in [0.29, 0.717) is 17.0 Å². The number of hydrogen-bond acceptors (Lipinski definition) is 4. The van der Waals surface area contributed by atoms with E-state index >= 15 is 0 Å². The number of ether oxygens (including phenoxy) is 1. The van der Waals surface area contributed by atoms with Crippen LogP contribution in [0.1, 0.15) is 29.0 Å². The fourth-order valence-corrected chi connectivity index (χ4v) is 2.83. The van der Waals surface area contributed by atoms with Crippen LogP contribution in [0.15, 0.2) is 30.3 Å². The number of carbonyl (C=O) groups is 1. The summed E-state index contributed by atoms with van der Waals surface area (Å²) in [5.74, 6) is 0.448. The second-order valence-electron chi connectivity index (χ2n) is 5.46. The summed E-state index contributed by atoms with van der Waals surface area (Å²) in [5.41, 5.74) is 2.81. The van der Waals surface area contributed by atoms with Crippen molar-refractivity contribution in [3.05, 3.63) is 47.0 Å². The summed E-state index contributed by atoms with van der Waals surface area (Å²) < 4.78 is 5.21. The van der Waals surface area contributed by atoms with Crippen LogP contribution in [0, 0.1) is 6.92 Å². The van der Waals surface area contributed by atoms with Crippen LogP contribution in [0.3, 0.4) is 0 Å². The van der Waals surface area contributed by atoms with Crippen LogP contribution in [0.4, 0.5) is 5.69 Å². The highest BCUT2D eigenvalue weighted by Crippen LogP contribution is 2.43. The number of aromatic hydroxyl groups is 2. The van der Waals surface area contributed by atoms with Gasteiger partial charge in [-0.25, -0.2) is 0 Å². The van der Waals surface area contributed by atoms with Crippen LogP contribution in [-0.2, 0) is 4.79 Å². The van der Waals surface area contributed by atoms with Crippen molar-refractivity contribution in [2.24, 2.45) is 0 Å². The molecule has 2 aromatic carbocycles. The normalized spacial score (nSPS) is 16.8. The van der Waals surface area contributed by atoms with Gasteiger partial charge in [-0.2, -0.15) is 0 Å². The minimum Gasteiger partial charge on any atom is -0.508 e. The predicted octanol–water partition coefficient (Wildman–Crippen LogP) is 2.89. The van der Waals surface area contributed by atoms with E-state index in [1.54, 1.807) is 38.3 Å². The van der Waals surface area contributed by atoms with Crippen LogP contribution < -0.4 is 10.1 Å². The molecule has 0 bridgehead atoms. The lowest BCUT2D eigenvalue weighted by molar-refractivity contribution is -0.116. The van der Waals surface area contributed by atoms with Gasteiger partial charge in [0.1, 0.15) is 17.2 Å². The van der Waals surface area contributed by atoms with Gasteiger partial charge in [0.2, 0.25) is 5.91 Å². The van der Waals surface area contributed by atoms with Gasteiger partial charge in [-0.15, -0.1) is 0 Å². The summed E-state index contributed by atoms with van der Waals surface area (Å²) in [6.45, 7) is 1.80. The molecule has 0 fully saturated rings. The Balaban J connectivity index is 2.17. The minimum absolute atomic E-state index is 0.122. The lowest BCUT2D eigenvalue weighted by Crippen LogP contribution is -2.23. The molecule has 3 N–H and O–H groups in total. The Morgan fingerprint density at radius 2 is 1.91 bits per heavy atom. The molecule has 0 aromatic heterocycles. The monoisotopic (exact) mass is 299 g/mol. The third-order valence-corrected chi connectivity index (χ3v) is 4.02. The Labute approximate surface area is 128 Å². The first-order valence-corrected chi connectivity index (χ1v) is 7.00. The number of fused-ring (bicyclic) bond motifs is 1. The van der Waals surface area contributed by atoms with E-state index in [0.717, 1.165) is 11.1 Å². The molecule has 3 rings (SSSR count). The summed E-state index contributed by atoms with van der Waals surface area (Å²) in [6, 6.07) is 8.36. The predicted molar refractivity (Wildman–Crippen MR) is 82.6 cm³/mol. The fraction of sp³-hybridized carbons (Fsp3) is 0.235. The van der Waals surface area contributed by atoms with E-state index in [1.165, 1.54) is 0 Å². The largest absolute Gasteiger partial charge is 0.508 e. The van der Waals surface area contributed by atoms with Crippen molar-refractivity contribution >= 4 is 11.6 Å². The smallest absolute Gasteiger partial charge is 0.225 e. The molecular weight excluding hydrogens is 282 g/mol. The second kappa shape index (κ2) is 5.26. The molecule has 0 saturated carbocycles. The molecule has 0 aliphatic carbocycles. The SMILES string of the molecule is COc1ccc(O)c([C@@H]2CC(=O)Nc3cc(O)c(C)cc32)c1. The van der Waals surface area contributed by atoms with Crippen LogP contribution in [0.5, 0.6) is 17.2 Å². The number of hydrogen-bond donors (Lipinski definition) is 3. The maximum Gasteiger partial charge on any atom is 0.225 e. The molecule has 2 aromatic rings. The van der Waals surface area contributed by atoms with E-state index in [1.807, 2.05) is 6.07 Å². The first-order valence-electron chi connectivity index (χ1n) is 7.00. The molecular formula is C17H17NO4. The highest BCUT2D eigenvalue weighted by atomic mass is 16.5. The van der Waals surface area contributed by atoms with Gasteiger partial charge in [0.05, 0.1) is 7.11 Å². The topological polar surface area (TPSA) is 78.8 Å². The molecule has 1 aliphatic rings. The standard InChI is InChI=1S/C17H17NO4/c1-9-5-12-11(7-17(21)18-14(12)8-16(9)20)13-6-10(22-2)3-4-15(13)19/h3-6,8,11,19-20H,7H2,1-2H3,(H,18,21)/t11-/m1/s1. The van der Waals surface area contributed by atoms with Gasteiger partial charge in [-0.3, -0.25) is 4.79 Å². The van der Waals surface area contributed by atoms with Crippen LogP contribution >= 0.6 is 0 Å². The average Bonchev–Trinajstić information content (AvgIpc) is 2.49. The lowest BCUT2D eigenvalue weighted by Gasteiger charge is -2.27. The van der Waals surface area contributed by atoms with E-state index in [4.69, 9.17) is 4.74 Å². The molecule has 114 valence electrons.